The van der Waals surface area contributed by atoms with Gasteiger partial charge in [0.15, 0.2) is 0 Å². The van der Waals surface area contributed by atoms with Gasteiger partial charge in [-0.2, -0.15) is 13.2 Å². The first-order valence-electron chi connectivity index (χ1n) is 5.36. The van der Waals surface area contributed by atoms with E-state index >= 15 is 0 Å². The van der Waals surface area contributed by atoms with Crippen LogP contribution in [0.5, 0.6) is 0 Å². The fraction of sp³-hybridized carbons (Fsp3) is 0.364. The van der Waals surface area contributed by atoms with E-state index in [9.17, 15) is 33.2 Å². The third kappa shape index (κ3) is 3.23. The van der Waals surface area contributed by atoms with Crippen molar-refractivity contribution in [3.63, 3.8) is 0 Å². The van der Waals surface area contributed by atoms with Crippen molar-refractivity contribution in [3.8, 4) is 0 Å². The molecule has 2 N–H and O–H groups in total. The first-order chi connectivity index (χ1) is 9.08. The van der Waals surface area contributed by atoms with Crippen LogP contribution in [0.4, 0.5) is 18.9 Å². The third-order valence-corrected chi connectivity index (χ3v) is 2.60. The van der Waals surface area contributed by atoms with Crippen LogP contribution in [-0.4, -0.2) is 34.3 Å². The first kappa shape index (κ1) is 15.9. The van der Waals surface area contributed by atoms with Crippen LogP contribution in [0, 0.1) is 17.0 Å². The summed E-state index contributed by atoms with van der Waals surface area (Å²) in [5, 5.41) is 21.5. The lowest BCUT2D eigenvalue weighted by atomic mass is 10.0. The molecule has 0 radical (unpaired) electrons. The minimum Gasteiger partial charge on any atom is -0.368 e. The number of alkyl halides is 3. The summed E-state index contributed by atoms with van der Waals surface area (Å²) in [4.78, 5) is 20.4. The summed E-state index contributed by atoms with van der Waals surface area (Å²) in [7, 11) is 0. The number of nitro groups is 1. The summed E-state index contributed by atoms with van der Waals surface area (Å²) in [6.45, 7) is -0.441. The predicted molar refractivity (Wildman–Crippen MR) is 62.7 cm³/mol. The Balaban J connectivity index is 3.07. The Bertz CT molecular complexity index is 533. The van der Waals surface area contributed by atoms with Gasteiger partial charge in [0.25, 0.3) is 12.5 Å². The molecule has 1 atom stereocenters. The average Bonchev–Trinajstić information content (AvgIpc) is 2.29. The van der Waals surface area contributed by atoms with Crippen LogP contribution >= 0.6 is 0 Å². The average molecular weight is 292 g/mol. The van der Waals surface area contributed by atoms with Crippen LogP contribution in [0.3, 0.4) is 0 Å². The molecule has 0 bridgehead atoms. The van der Waals surface area contributed by atoms with Gasteiger partial charge in [0, 0.05) is 10.6 Å². The van der Waals surface area contributed by atoms with Crippen molar-refractivity contribution >= 4 is 11.6 Å². The van der Waals surface area contributed by atoms with Crippen molar-refractivity contribution in [2.75, 3.05) is 11.9 Å². The van der Waals surface area contributed by atoms with Gasteiger partial charge in [0.2, 0.25) is 0 Å². The molecular formula is C11H11F3N2O4. The minimum atomic E-state index is -5.47. The van der Waals surface area contributed by atoms with Crippen molar-refractivity contribution in [2.45, 2.75) is 18.7 Å². The van der Waals surface area contributed by atoms with Crippen LogP contribution < -0.4 is 5.32 Å². The van der Waals surface area contributed by atoms with Gasteiger partial charge in [-0.05, 0) is 18.6 Å². The molecule has 1 rings (SSSR count). The van der Waals surface area contributed by atoms with Gasteiger partial charge in [0.05, 0.1) is 0 Å². The maximum Gasteiger partial charge on any atom is 0.433 e. The molecule has 0 aromatic heterocycles. The Morgan fingerprint density at radius 1 is 1.40 bits per heavy atom. The van der Waals surface area contributed by atoms with Crippen molar-refractivity contribution in [1.29, 1.82) is 0 Å². The summed E-state index contributed by atoms with van der Waals surface area (Å²) in [6.07, 6.45) is -5.47. The SMILES string of the molecule is Cc1ccccc1NC(=O)C(O)(C[N+](=O)[O-])C(F)(F)F. The topological polar surface area (TPSA) is 92.5 Å². The van der Waals surface area contributed by atoms with E-state index in [1.165, 1.54) is 25.1 Å². The van der Waals surface area contributed by atoms with Gasteiger partial charge in [0.1, 0.15) is 0 Å². The molecule has 6 nitrogen and oxygen atoms in total. The molecule has 1 amide bonds. The van der Waals surface area contributed by atoms with Gasteiger partial charge in [-0.3, -0.25) is 14.9 Å². The van der Waals surface area contributed by atoms with E-state index in [0.717, 1.165) is 0 Å². The number of hydrogen-bond acceptors (Lipinski definition) is 4. The number of aliphatic hydroxyl groups is 1. The van der Waals surface area contributed by atoms with E-state index in [0.29, 0.717) is 5.56 Å². The molecule has 0 saturated carbocycles. The number of halogens is 3. The lowest BCUT2D eigenvalue weighted by Crippen LogP contribution is -2.59. The first-order valence-corrected chi connectivity index (χ1v) is 5.36. The van der Waals surface area contributed by atoms with Gasteiger partial charge in [-0.15, -0.1) is 0 Å². The molecular weight excluding hydrogens is 281 g/mol. The molecule has 0 aliphatic heterocycles. The molecule has 0 aliphatic rings. The number of aryl methyl sites for hydroxylation is 1. The van der Waals surface area contributed by atoms with E-state index in [1.54, 1.807) is 6.07 Å². The standard InChI is InChI=1S/C11H11F3N2O4/c1-7-4-2-3-5-8(7)15-9(17)10(18,6-16(19)20)11(12,13)14/h2-5,18H,6H2,1H3,(H,15,17). The number of carbonyl (C=O) groups is 1. The predicted octanol–water partition coefficient (Wildman–Crippen LogP) is 1.50. The van der Waals surface area contributed by atoms with Gasteiger partial charge < -0.3 is 10.4 Å². The maximum atomic E-state index is 12.7. The molecule has 0 spiro atoms. The van der Waals surface area contributed by atoms with Crippen LogP contribution in [0.25, 0.3) is 0 Å². The molecule has 1 aromatic rings. The molecule has 0 saturated heterocycles. The van der Waals surface area contributed by atoms with Crippen LogP contribution in [-0.2, 0) is 4.79 Å². The zero-order chi connectivity index (χ0) is 15.6. The van der Waals surface area contributed by atoms with Crippen molar-refractivity contribution in [3.05, 3.63) is 39.9 Å². The normalized spacial score (nSPS) is 14.4. The number of nitrogens with one attached hydrogen (secondary N) is 1. The Kier molecular flexibility index (Phi) is 4.33. The van der Waals surface area contributed by atoms with Crippen LogP contribution in [0.15, 0.2) is 24.3 Å². The quantitative estimate of drug-likeness (QED) is 0.649. The van der Waals surface area contributed by atoms with Crippen LogP contribution in [0.2, 0.25) is 0 Å². The summed E-state index contributed by atoms with van der Waals surface area (Å²) < 4.78 is 38.1. The molecule has 1 aromatic carbocycles. The Morgan fingerprint density at radius 3 is 2.40 bits per heavy atom. The second-order valence-corrected chi connectivity index (χ2v) is 4.12. The Labute approximate surface area is 111 Å². The molecule has 1 unspecified atom stereocenters. The molecule has 0 aliphatic carbocycles. The highest BCUT2D eigenvalue weighted by Crippen LogP contribution is 2.32. The van der Waals surface area contributed by atoms with E-state index in [-0.39, 0.29) is 5.69 Å². The summed E-state index contributed by atoms with van der Waals surface area (Å²) in [5.74, 6) is -1.89. The summed E-state index contributed by atoms with van der Waals surface area (Å²) in [6, 6.07) is 5.90. The zero-order valence-electron chi connectivity index (χ0n) is 10.3. The summed E-state index contributed by atoms with van der Waals surface area (Å²) in [5.41, 5.74) is -3.60. The second kappa shape index (κ2) is 5.45. The third-order valence-electron chi connectivity index (χ3n) is 2.60. The van der Waals surface area contributed by atoms with Gasteiger partial charge in [-0.1, -0.05) is 18.2 Å². The Morgan fingerprint density at radius 2 is 1.95 bits per heavy atom. The number of amides is 1. The van der Waals surface area contributed by atoms with E-state index in [1.807, 2.05) is 5.32 Å². The number of nitrogens with zero attached hydrogens (tertiary/aromatic N) is 1. The number of rotatable bonds is 4. The second-order valence-electron chi connectivity index (χ2n) is 4.12. The van der Waals surface area contributed by atoms with E-state index in [4.69, 9.17) is 0 Å². The minimum absolute atomic E-state index is 0.0310. The number of hydrogen-bond donors (Lipinski definition) is 2. The van der Waals surface area contributed by atoms with Gasteiger partial charge >= 0.3 is 11.8 Å². The maximum absolute atomic E-state index is 12.7. The fourth-order valence-electron chi connectivity index (χ4n) is 1.42. The monoisotopic (exact) mass is 292 g/mol. The molecule has 0 fully saturated rings. The lowest BCUT2D eigenvalue weighted by molar-refractivity contribution is -0.509. The molecule has 20 heavy (non-hydrogen) atoms. The highest BCUT2D eigenvalue weighted by Gasteiger charge is 2.63. The molecule has 9 heteroatoms. The molecule has 110 valence electrons. The number of benzene rings is 1. The largest absolute Gasteiger partial charge is 0.433 e. The highest BCUT2D eigenvalue weighted by atomic mass is 19.4. The molecule has 0 heterocycles. The number of para-hydroxylation sites is 1. The highest BCUT2D eigenvalue weighted by molar-refractivity contribution is 5.98. The fourth-order valence-corrected chi connectivity index (χ4v) is 1.42. The number of anilines is 1. The van der Waals surface area contributed by atoms with E-state index < -0.39 is 29.2 Å². The zero-order valence-corrected chi connectivity index (χ0v) is 10.3. The van der Waals surface area contributed by atoms with Crippen molar-refractivity contribution in [1.82, 2.24) is 0 Å². The van der Waals surface area contributed by atoms with E-state index in [2.05, 4.69) is 0 Å². The summed E-state index contributed by atoms with van der Waals surface area (Å²) >= 11 is 0. The van der Waals surface area contributed by atoms with Gasteiger partial charge in [-0.25, -0.2) is 0 Å². The smallest absolute Gasteiger partial charge is 0.368 e. The Hall–Kier alpha value is -2.16. The lowest BCUT2D eigenvalue weighted by Gasteiger charge is -2.25. The van der Waals surface area contributed by atoms with Crippen LogP contribution in [0.1, 0.15) is 5.56 Å². The van der Waals surface area contributed by atoms with Crippen molar-refractivity contribution in [2.24, 2.45) is 0 Å². The number of carbonyl (C=O) groups excluding carboxylic acids is 1. The van der Waals surface area contributed by atoms with Crippen molar-refractivity contribution < 1.29 is 28.0 Å².